The van der Waals surface area contributed by atoms with E-state index in [1.54, 1.807) is 0 Å². The molecule has 148 valence electrons. The highest BCUT2D eigenvalue weighted by Gasteiger charge is 2.28. The largest absolute Gasteiger partial charge is 0.322 e. The average molecular weight is 425 g/mol. The van der Waals surface area contributed by atoms with E-state index in [2.05, 4.69) is 16.7 Å². The first kappa shape index (κ1) is 20.0. The van der Waals surface area contributed by atoms with Gasteiger partial charge in [0.05, 0.1) is 10.0 Å². The normalized spacial score (nSPS) is 18.2. The van der Waals surface area contributed by atoms with Gasteiger partial charge in [-0.05, 0) is 73.0 Å². The molecule has 1 amide bonds. The Hall–Kier alpha value is -2.33. The molecule has 0 aliphatic heterocycles. The number of nitrogens with one attached hydrogen (secondary N) is 2. The van der Waals surface area contributed by atoms with E-state index >= 15 is 0 Å². The maximum Gasteiger partial charge on any atom is 0.255 e. The van der Waals surface area contributed by atoms with E-state index in [1.165, 1.54) is 5.56 Å². The summed E-state index contributed by atoms with van der Waals surface area (Å²) >= 11 is 12.4. The number of hydrogen-bond donors (Lipinski definition) is 2. The summed E-state index contributed by atoms with van der Waals surface area (Å²) in [7, 11) is 1.96. The Morgan fingerprint density at radius 1 is 0.897 bits per heavy atom. The second-order valence-corrected chi connectivity index (χ2v) is 8.12. The minimum Gasteiger partial charge on any atom is -0.322 e. The molecule has 0 spiro atoms. The van der Waals surface area contributed by atoms with Gasteiger partial charge in [-0.3, -0.25) is 4.79 Å². The number of anilines is 1. The zero-order chi connectivity index (χ0) is 20.4. The molecule has 0 aromatic heterocycles. The van der Waals surface area contributed by atoms with Crippen LogP contribution in [0, 0.1) is 0 Å². The zero-order valence-electron chi connectivity index (χ0n) is 16.1. The summed E-state index contributed by atoms with van der Waals surface area (Å²) in [6, 6.07) is 21.5. The Bertz CT molecular complexity index is 1040. The van der Waals surface area contributed by atoms with Crippen LogP contribution in [-0.2, 0) is 0 Å². The van der Waals surface area contributed by atoms with Gasteiger partial charge < -0.3 is 10.6 Å². The third-order valence-electron chi connectivity index (χ3n) is 5.57. The van der Waals surface area contributed by atoms with Crippen molar-refractivity contribution in [2.75, 3.05) is 12.4 Å². The van der Waals surface area contributed by atoms with Crippen LogP contribution >= 0.6 is 23.2 Å². The van der Waals surface area contributed by atoms with Gasteiger partial charge in [-0.15, -0.1) is 0 Å². The topological polar surface area (TPSA) is 41.1 Å². The number of amides is 1. The van der Waals surface area contributed by atoms with Crippen molar-refractivity contribution in [3.05, 3.63) is 99.0 Å². The highest BCUT2D eigenvalue weighted by atomic mass is 35.5. The predicted octanol–water partition coefficient (Wildman–Crippen LogP) is 6.43. The van der Waals surface area contributed by atoms with E-state index in [9.17, 15) is 4.79 Å². The number of rotatable bonds is 4. The highest BCUT2D eigenvalue weighted by Crippen LogP contribution is 2.42. The molecule has 4 rings (SSSR count). The molecule has 2 unspecified atom stereocenters. The summed E-state index contributed by atoms with van der Waals surface area (Å²) in [6.45, 7) is 0. The second-order valence-electron chi connectivity index (χ2n) is 7.31. The third kappa shape index (κ3) is 4.18. The molecule has 0 heterocycles. The van der Waals surface area contributed by atoms with Gasteiger partial charge in [0, 0.05) is 23.2 Å². The molecule has 5 heteroatoms. The van der Waals surface area contributed by atoms with E-state index in [1.807, 2.05) is 67.7 Å². The fourth-order valence-electron chi connectivity index (χ4n) is 4.08. The highest BCUT2D eigenvalue weighted by molar-refractivity contribution is 6.42. The zero-order valence-corrected chi connectivity index (χ0v) is 17.6. The van der Waals surface area contributed by atoms with Gasteiger partial charge in [0.25, 0.3) is 5.91 Å². The Morgan fingerprint density at radius 2 is 1.69 bits per heavy atom. The Morgan fingerprint density at radius 3 is 2.41 bits per heavy atom. The molecule has 1 aliphatic rings. The Labute approximate surface area is 181 Å². The van der Waals surface area contributed by atoms with Crippen molar-refractivity contribution in [2.24, 2.45) is 0 Å². The van der Waals surface area contributed by atoms with Crippen molar-refractivity contribution in [3.63, 3.8) is 0 Å². The van der Waals surface area contributed by atoms with Crippen LogP contribution in [0.15, 0.2) is 66.7 Å². The lowest BCUT2D eigenvalue weighted by molar-refractivity contribution is 0.102. The summed E-state index contributed by atoms with van der Waals surface area (Å²) in [5.74, 6) is 0.126. The molecule has 3 aromatic rings. The Kier molecular flexibility index (Phi) is 5.91. The van der Waals surface area contributed by atoms with Gasteiger partial charge >= 0.3 is 0 Å². The standard InChI is InChI=1S/C24H22Cl2N2O/c1-27-23-12-10-18(15-8-11-21(25)22(26)14-15)19-9-7-16(13-20(19)23)24(29)28-17-5-3-2-4-6-17/h2-9,11,13-14,18,23,27H,10,12H2,1H3,(H,28,29). The minimum atomic E-state index is -0.106. The summed E-state index contributed by atoms with van der Waals surface area (Å²) in [5.41, 5.74) is 4.98. The van der Waals surface area contributed by atoms with Gasteiger partial charge in [-0.2, -0.15) is 0 Å². The van der Waals surface area contributed by atoms with Crippen molar-refractivity contribution in [1.82, 2.24) is 5.32 Å². The van der Waals surface area contributed by atoms with E-state index in [4.69, 9.17) is 23.2 Å². The first-order chi connectivity index (χ1) is 14.1. The van der Waals surface area contributed by atoms with Crippen LogP contribution in [0.5, 0.6) is 0 Å². The average Bonchev–Trinajstić information content (AvgIpc) is 2.75. The van der Waals surface area contributed by atoms with Crippen molar-refractivity contribution in [1.29, 1.82) is 0 Å². The van der Waals surface area contributed by atoms with E-state index in [0.29, 0.717) is 15.6 Å². The van der Waals surface area contributed by atoms with Crippen LogP contribution in [0.1, 0.15) is 51.8 Å². The van der Waals surface area contributed by atoms with Crippen LogP contribution in [0.4, 0.5) is 5.69 Å². The molecule has 0 fully saturated rings. The van der Waals surface area contributed by atoms with E-state index < -0.39 is 0 Å². The van der Waals surface area contributed by atoms with Crippen LogP contribution < -0.4 is 10.6 Å². The Balaban J connectivity index is 1.68. The molecule has 2 atom stereocenters. The number of carbonyl (C=O) groups excluding carboxylic acids is 1. The SMILES string of the molecule is CNC1CCC(c2ccc(Cl)c(Cl)c2)c2ccc(C(=O)Nc3ccccc3)cc21. The van der Waals surface area contributed by atoms with Crippen LogP contribution in [-0.4, -0.2) is 13.0 Å². The first-order valence-electron chi connectivity index (χ1n) is 9.69. The summed E-state index contributed by atoms with van der Waals surface area (Å²) in [4.78, 5) is 12.8. The number of hydrogen-bond acceptors (Lipinski definition) is 2. The number of benzene rings is 3. The third-order valence-corrected chi connectivity index (χ3v) is 6.31. The lowest BCUT2D eigenvalue weighted by atomic mass is 9.76. The first-order valence-corrected chi connectivity index (χ1v) is 10.4. The summed E-state index contributed by atoms with van der Waals surface area (Å²) in [6.07, 6.45) is 1.99. The van der Waals surface area contributed by atoms with Crippen molar-refractivity contribution in [2.45, 2.75) is 24.8 Å². The van der Waals surface area contributed by atoms with Crippen LogP contribution in [0.25, 0.3) is 0 Å². The van der Waals surface area contributed by atoms with Crippen molar-refractivity contribution >= 4 is 34.8 Å². The fraction of sp³-hybridized carbons (Fsp3) is 0.208. The van der Waals surface area contributed by atoms with Gasteiger partial charge in [0.2, 0.25) is 0 Å². The number of para-hydroxylation sites is 1. The molecule has 1 aliphatic carbocycles. The van der Waals surface area contributed by atoms with E-state index in [-0.39, 0.29) is 17.9 Å². The molecule has 3 nitrogen and oxygen atoms in total. The van der Waals surface area contributed by atoms with Gasteiger partial charge in [-0.1, -0.05) is 53.5 Å². The number of halogens is 2. The summed E-state index contributed by atoms with van der Waals surface area (Å²) in [5, 5.41) is 7.48. The van der Waals surface area contributed by atoms with Gasteiger partial charge in [0.15, 0.2) is 0 Å². The molecular weight excluding hydrogens is 403 g/mol. The number of carbonyl (C=O) groups is 1. The predicted molar refractivity (Wildman–Crippen MR) is 120 cm³/mol. The molecular formula is C24H22Cl2N2O. The molecule has 2 N–H and O–H groups in total. The monoisotopic (exact) mass is 424 g/mol. The van der Waals surface area contributed by atoms with Crippen LogP contribution in [0.2, 0.25) is 10.0 Å². The van der Waals surface area contributed by atoms with Gasteiger partial charge in [0.1, 0.15) is 0 Å². The van der Waals surface area contributed by atoms with Crippen molar-refractivity contribution < 1.29 is 4.79 Å². The van der Waals surface area contributed by atoms with E-state index in [0.717, 1.165) is 29.7 Å². The second kappa shape index (κ2) is 8.58. The summed E-state index contributed by atoms with van der Waals surface area (Å²) < 4.78 is 0. The smallest absolute Gasteiger partial charge is 0.255 e. The maximum absolute atomic E-state index is 12.8. The molecule has 29 heavy (non-hydrogen) atoms. The minimum absolute atomic E-state index is 0.106. The van der Waals surface area contributed by atoms with Crippen LogP contribution in [0.3, 0.4) is 0 Å². The fourth-order valence-corrected chi connectivity index (χ4v) is 4.39. The van der Waals surface area contributed by atoms with Crippen molar-refractivity contribution in [3.8, 4) is 0 Å². The molecule has 0 saturated heterocycles. The lowest BCUT2D eigenvalue weighted by Gasteiger charge is -2.32. The maximum atomic E-state index is 12.8. The molecule has 0 radical (unpaired) electrons. The van der Waals surface area contributed by atoms with Gasteiger partial charge in [-0.25, -0.2) is 0 Å². The molecule has 3 aromatic carbocycles. The quantitative estimate of drug-likeness (QED) is 0.506. The molecule has 0 bridgehead atoms. The lowest BCUT2D eigenvalue weighted by Crippen LogP contribution is -2.25. The number of fused-ring (bicyclic) bond motifs is 1. The molecule has 0 saturated carbocycles.